The average Bonchev–Trinajstić information content (AvgIpc) is 3.21. The number of urea groups is 1. The first-order valence-corrected chi connectivity index (χ1v) is 10.1. The number of aromatic nitrogens is 2. The van der Waals surface area contributed by atoms with Crippen LogP contribution in [0.1, 0.15) is 35.3 Å². The second-order valence-electron chi connectivity index (χ2n) is 7.29. The van der Waals surface area contributed by atoms with Gasteiger partial charge < -0.3 is 19.5 Å². The van der Waals surface area contributed by atoms with Gasteiger partial charge in [0.15, 0.2) is 12.4 Å². The minimum Gasteiger partial charge on any atom is -0.484 e. The van der Waals surface area contributed by atoms with Crippen molar-refractivity contribution in [1.82, 2.24) is 15.0 Å². The summed E-state index contributed by atoms with van der Waals surface area (Å²) in [5.74, 6) is 1.71. The van der Waals surface area contributed by atoms with Crippen LogP contribution in [0.2, 0.25) is 0 Å². The third-order valence-electron chi connectivity index (χ3n) is 4.98. The van der Waals surface area contributed by atoms with Gasteiger partial charge in [0.2, 0.25) is 0 Å². The molecule has 1 heterocycles. The van der Waals surface area contributed by atoms with Crippen molar-refractivity contribution in [3.05, 3.63) is 70.9 Å². The highest BCUT2D eigenvalue weighted by Gasteiger charge is 2.12. The maximum Gasteiger partial charge on any atom is 0.321 e. The number of carbonyl (C=O) groups is 1. The molecule has 0 saturated carbocycles. The summed E-state index contributed by atoms with van der Waals surface area (Å²) in [6.07, 6.45) is 1.48. The van der Waals surface area contributed by atoms with Crippen LogP contribution in [0.25, 0.3) is 0 Å². The number of rotatable bonds is 8. The monoisotopic (exact) mass is 408 g/mol. The van der Waals surface area contributed by atoms with Gasteiger partial charge in [-0.2, -0.15) is 4.98 Å². The summed E-state index contributed by atoms with van der Waals surface area (Å²) < 4.78 is 10.9. The summed E-state index contributed by atoms with van der Waals surface area (Å²) in [6, 6.07) is 13.6. The number of ether oxygens (including phenoxy) is 1. The van der Waals surface area contributed by atoms with Crippen LogP contribution in [0.3, 0.4) is 0 Å². The second kappa shape index (κ2) is 9.91. The molecular weight excluding hydrogens is 380 g/mol. The quantitative estimate of drug-likeness (QED) is 0.592. The Kier molecular flexibility index (Phi) is 7.06. The van der Waals surface area contributed by atoms with Gasteiger partial charge in [0, 0.05) is 25.7 Å². The Balaban J connectivity index is 1.45. The Morgan fingerprint density at radius 1 is 1.13 bits per heavy atom. The molecule has 0 radical (unpaired) electrons. The predicted octanol–water partition coefficient (Wildman–Crippen LogP) is 4.53. The van der Waals surface area contributed by atoms with E-state index in [-0.39, 0.29) is 12.6 Å². The summed E-state index contributed by atoms with van der Waals surface area (Å²) in [5.41, 5.74) is 4.36. The zero-order chi connectivity index (χ0) is 21.5. The Labute approximate surface area is 177 Å². The number of carbonyl (C=O) groups excluding carboxylic acids is 1. The Bertz CT molecular complexity index is 982. The van der Waals surface area contributed by atoms with Crippen molar-refractivity contribution in [3.8, 4) is 5.75 Å². The van der Waals surface area contributed by atoms with Gasteiger partial charge in [0.05, 0.1) is 0 Å². The maximum atomic E-state index is 12.4. The van der Waals surface area contributed by atoms with Crippen LogP contribution >= 0.6 is 0 Å². The molecule has 7 heteroatoms. The van der Waals surface area contributed by atoms with Crippen LogP contribution in [0.4, 0.5) is 10.5 Å². The van der Waals surface area contributed by atoms with E-state index in [1.807, 2.05) is 56.3 Å². The van der Waals surface area contributed by atoms with Gasteiger partial charge in [-0.3, -0.25) is 0 Å². The largest absolute Gasteiger partial charge is 0.484 e. The van der Waals surface area contributed by atoms with E-state index in [2.05, 4.69) is 22.4 Å². The van der Waals surface area contributed by atoms with Gasteiger partial charge in [-0.05, 0) is 61.2 Å². The Morgan fingerprint density at radius 2 is 1.90 bits per heavy atom. The van der Waals surface area contributed by atoms with Crippen molar-refractivity contribution < 1.29 is 14.1 Å². The van der Waals surface area contributed by atoms with Crippen LogP contribution < -0.4 is 10.1 Å². The molecule has 1 N–H and O–H groups in total. The second-order valence-corrected chi connectivity index (χ2v) is 7.29. The molecule has 30 heavy (non-hydrogen) atoms. The first kappa shape index (κ1) is 21.4. The molecule has 0 atom stereocenters. The van der Waals surface area contributed by atoms with Gasteiger partial charge in [-0.15, -0.1) is 0 Å². The number of hydrogen-bond donors (Lipinski definition) is 1. The molecular formula is C23H28N4O3. The van der Waals surface area contributed by atoms with E-state index in [4.69, 9.17) is 9.26 Å². The summed E-state index contributed by atoms with van der Waals surface area (Å²) in [6.45, 7) is 6.85. The predicted molar refractivity (Wildman–Crippen MR) is 116 cm³/mol. The van der Waals surface area contributed by atoms with Gasteiger partial charge in [-0.25, -0.2) is 4.79 Å². The number of aryl methyl sites for hydroxylation is 3. The molecule has 0 spiro atoms. The molecule has 0 aliphatic carbocycles. The van der Waals surface area contributed by atoms with Crippen LogP contribution in [-0.4, -0.2) is 34.7 Å². The van der Waals surface area contributed by atoms with Crippen LogP contribution in [0.5, 0.6) is 5.75 Å². The number of amides is 2. The maximum absolute atomic E-state index is 12.4. The van der Waals surface area contributed by atoms with Crippen molar-refractivity contribution in [2.45, 2.75) is 40.2 Å². The van der Waals surface area contributed by atoms with E-state index in [0.29, 0.717) is 24.7 Å². The van der Waals surface area contributed by atoms with Crippen molar-refractivity contribution in [3.63, 3.8) is 0 Å². The van der Waals surface area contributed by atoms with Gasteiger partial charge in [0.1, 0.15) is 5.75 Å². The molecule has 0 saturated heterocycles. The van der Waals surface area contributed by atoms with Crippen molar-refractivity contribution >= 4 is 11.7 Å². The number of hydrogen-bond acceptors (Lipinski definition) is 5. The molecule has 0 fully saturated rings. The fraction of sp³-hybridized carbons (Fsp3) is 0.348. The van der Waals surface area contributed by atoms with Crippen molar-refractivity contribution in [2.24, 2.45) is 0 Å². The zero-order valence-electron chi connectivity index (χ0n) is 17.9. The molecule has 0 aliphatic heterocycles. The normalized spacial score (nSPS) is 10.7. The number of anilines is 1. The number of benzene rings is 2. The molecule has 2 aromatic carbocycles. The first-order chi connectivity index (χ1) is 14.4. The van der Waals surface area contributed by atoms with E-state index in [1.54, 1.807) is 11.9 Å². The summed E-state index contributed by atoms with van der Waals surface area (Å²) in [4.78, 5) is 18.3. The van der Waals surface area contributed by atoms with Gasteiger partial charge >= 0.3 is 6.03 Å². The van der Waals surface area contributed by atoms with E-state index in [1.165, 1.54) is 11.1 Å². The first-order valence-electron chi connectivity index (χ1n) is 10.1. The average molecular weight is 409 g/mol. The van der Waals surface area contributed by atoms with Gasteiger partial charge in [-0.1, -0.05) is 30.3 Å². The molecule has 0 bridgehead atoms. The Hall–Kier alpha value is -3.35. The van der Waals surface area contributed by atoms with E-state index in [0.717, 1.165) is 23.4 Å². The SMILES string of the molecule is CCc1ccc(OCc2nc(CCN(C)C(=O)Nc3ccc(C)c(C)c3)no2)cc1. The fourth-order valence-corrected chi connectivity index (χ4v) is 2.82. The highest BCUT2D eigenvalue weighted by molar-refractivity contribution is 5.89. The smallest absolute Gasteiger partial charge is 0.321 e. The van der Waals surface area contributed by atoms with E-state index >= 15 is 0 Å². The van der Waals surface area contributed by atoms with E-state index < -0.39 is 0 Å². The van der Waals surface area contributed by atoms with Crippen LogP contribution in [0.15, 0.2) is 47.0 Å². The summed E-state index contributed by atoms with van der Waals surface area (Å²) in [5, 5.41) is 6.87. The minimum absolute atomic E-state index is 0.180. The molecule has 3 rings (SSSR count). The van der Waals surface area contributed by atoms with E-state index in [9.17, 15) is 4.79 Å². The summed E-state index contributed by atoms with van der Waals surface area (Å²) >= 11 is 0. The molecule has 0 unspecified atom stereocenters. The lowest BCUT2D eigenvalue weighted by Gasteiger charge is -2.17. The van der Waals surface area contributed by atoms with Crippen molar-refractivity contribution in [1.29, 1.82) is 0 Å². The molecule has 0 aliphatic rings. The zero-order valence-corrected chi connectivity index (χ0v) is 17.9. The van der Waals surface area contributed by atoms with Crippen LogP contribution in [-0.2, 0) is 19.4 Å². The van der Waals surface area contributed by atoms with Crippen molar-refractivity contribution in [2.75, 3.05) is 18.9 Å². The molecule has 158 valence electrons. The standard InChI is InChI=1S/C23H28N4O3/c1-5-18-7-10-20(11-8-18)29-15-22-25-21(26-30-22)12-13-27(4)23(28)24-19-9-6-16(2)17(3)14-19/h6-11,14H,5,12-13,15H2,1-4H3,(H,24,28). The Morgan fingerprint density at radius 3 is 2.60 bits per heavy atom. The highest BCUT2D eigenvalue weighted by atomic mass is 16.5. The number of nitrogens with one attached hydrogen (secondary N) is 1. The van der Waals surface area contributed by atoms with Gasteiger partial charge in [0.25, 0.3) is 5.89 Å². The third-order valence-corrected chi connectivity index (χ3v) is 4.98. The third kappa shape index (κ3) is 5.83. The summed E-state index contributed by atoms with van der Waals surface area (Å²) in [7, 11) is 1.74. The lowest BCUT2D eigenvalue weighted by molar-refractivity contribution is 0.222. The number of nitrogens with zero attached hydrogens (tertiary/aromatic N) is 3. The molecule has 1 aromatic heterocycles. The molecule has 3 aromatic rings. The lowest BCUT2D eigenvalue weighted by Crippen LogP contribution is -2.33. The minimum atomic E-state index is -0.180. The highest BCUT2D eigenvalue weighted by Crippen LogP contribution is 2.15. The van der Waals surface area contributed by atoms with Crippen LogP contribution in [0, 0.1) is 13.8 Å². The molecule has 7 nitrogen and oxygen atoms in total. The molecule has 2 amide bonds. The fourth-order valence-electron chi connectivity index (χ4n) is 2.82. The topological polar surface area (TPSA) is 80.5 Å². The number of likely N-dealkylation sites (N-methyl/N-ethyl adjacent to an activating group) is 1. The lowest BCUT2D eigenvalue weighted by atomic mass is 10.1.